The Bertz CT molecular complexity index is 4070. The summed E-state index contributed by atoms with van der Waals surface area (Å²) in [5.74, 6) is 0. The number of fused-ring (bicyclic) bond motifs is 12. The lowest BCUT2D eigenvalue weighted by Crippen LogP contribution is -2.15. The van der Waals surface area contributed by atoms with Crippen LogP contribution in [0.3, 0.4) is 0 Å². The zero-order valence-corrected chi connectivity index (χ0v) is 45.9. The number of hydrogen-bond donors (Lipinski definition) is 0. The first-order valence-electron chi connectivity index (χ1n) is 28.0. The smallest absolute Gasteiger partial charge is 0.0159 e. The standard InChI is InChI=1S/C78H62/c1-75(2)67-21-11-9-19-59(67)61-35-29-55(43-69(61)75)49-15-13-17-51(39-49)57-31-37-65-63-33-27-53(41-71(63)77(5,6)73(65)45-57)47-23-25-48(26-24-47)54-28-34-64-66-38-32-58(46-74(66)78(7,8)72(64)42-54)52-18-14-16-50(40-52)56-30-36-62-60-20-10-12-22-68(60)76(3,4)70(62)44-56/h9-46H,1-8H3. The van der Waals surface area contributed by atoms with Crippen molar-refractivity contribution in [3.8, 4) is 111 Å². The molecule has 0 heteroatoms. The lowest BCUT2D eigenvalue weighted by Gasteiger charge is -2.23. The van der Waals surface area contributed by atoms with Crippen molar-refractivity contribution in [3.05, 3.63) is 275 Å². The molecule has 4 aliphatic rings. The Labute approximate surface area is 460 Å². The van der Waals surface area contributed by atoms with Crippen molar-refractivity contribution >= 4 is 0 Å². The van der Waals surface area contributed by atoms with Crippen molar-refractivity contribution in [3.63, 3.8) is 0 Å². The molecular formula is C78H62. The van der Waals surface area contributed by atoms with Gasteiger partial charge in [-0.3, -0.25) is 0 Å². The second-order valence-electron chi connectivity index (χ2n) is 24.9. The highest BCUT2D eigenvalue weighted by molar-refractivity contribution is 5.91. The van der Waals surface area contributed by atoms with E-state index in [4.69, 9.17) is 0 Å². The fourth-order valence-corrected chi connectivity index (χ4v) is 14.6. The van der Waals surface area contributed by atoms with E-state index in [1.807, 2.05) is 0 Å². The molecule has 0 unspecified atom stereocenters. The van der Waals surface area contributed by atoms with Gasteiger partial charge in [0.1, 0.15) is 0 Å². The molecule has 4 aliphatic carbocycles. The molecule has 0 radical (unpaired) electrons. The Morgan fingerprint density at radius 1 is 0.154 bits per heavy atom. The van der Waals surface area contributed by atoms with Crippen LogP contribution in [0.15, 0.2) is 231 Å². The molecule has 0 N–H and O–H groups in total. The molecule has 0 aromatic heterocycles. The van der Waals surface area contributed by atoms with Gasteiger partial charge in [0.05, 0.1) is 0 Å². The first-order chi connectivity index (χ1) is 37.6. The zero-order chi connectivity index (χ0) is 53.0. The van der Waals surface area contributed by atoms with Gasteiger partial charge in [0.2, 0.25) is 0 Å². The first-order valence-corrected chi connectivity index (χ1v) is 28.0. The van der Waals surface area contributed by atoms with Crippen LogP contribution in [0.25, 0.3) is 111 Å². The van der Waals surface area contributed by atoms with E-state index in [1.54, 1.807) is 0 Å². The lowest BCUT2D eigenvalue weighted by atomic mass is 9.80. The van der Waals surface area contributed by atoms with Crippen molar-refractivity contribution in [2.75, 3.05) is 0 Å². The Morgan fingerprint density at radius 2 is 0.346 bits per heavy atom. The molecule has 11 aromatic rings. The van der Waals surface area contributed by atoms with Gasteiger partial charge in [0.15, 0.2) is 0 Å². The first kappa shape index (κ1) is 46.7. The molecule has 11 aromatic carbocycles. The van der Waals surface area contributed by atoms with Crippen LogP contribution in [0.2, 0.25) is 0 Å². The highest BCUT2D eigenvalue weighted by Crippen LogP contribution is 2.55. The van der Waals surface area contributed by atoms with Gasteiger partial charge in [-0.2, -0.15) is 0 Å². The summed E-state index contributed by atoms with van der Waals surface area (Å²) in [6, 6.07) is 88.0. The summed E-state index contributed by atoms with van der Waals surface area (Å²) in [6.07, 6.45) is 0. The van der Waals surface area contributed by atoms with Crippen LogP contribution in [0, 0.1) is 0 Å². The van der Waals surface area contributed by atoms with Crippen LogP contribution in [-0.4, -0.2) is 0 Å². The van der Waals surface area contributed by atoms with E-state index < -0.39 is 0 Å². The van der Waals surface area contributed by atoms with Gasteiger partial charge >= 0.3 is 0 Å². The average Bonchev–Trinajstić information content (AvgIpc) is 4.28. The molecular weight excluding hydrogens is 937 g/mol. The normalized spacial score (nSPS) is 15.6. The van der Waals surface area contributed by atoms with Gasteiger partial charge in [-0.25, -0.2) is 0 Å². The zero-order valence-electron chi connectivity index (χ0n) is 45.9. The van der Waals surface area contributed by atoms with E-state index in [9.17, 15) is 0 Å². The van der Waals surface area contributed by atoms with Crippen molar-refractivity contribution in [2.24, 2.45) is 0 Å². The summed E-state index contributed by atoms with van der Waals surface area (Å²) in [7, 11) is 0. The second kappa shape index (κ2) is 16.5. The summed E-state index contributed by atoms with van der Waals surface area (Å²) in [6.45, 7) is 19.0. The Kier molecular flexibility index (Phi) is 9.86. The molecule has 0 saturated carbocycles. The molecule has 78 heavy (non-hydrogen) atoms. The maximum Gasteiger partial charge on any atom is 0.0159 e. The van der Waals surface area contributed by atoms with Gasteiger partial charge in [-0.05, 0) is 204 Å². The lowest BCUT2D eigenvalue weighted by molar-refractivity contribution is 0.660. The number of hydrogen-bond acceptors (Lipinski definition) is 0. The van der Waals surface area contributed by atoms with Crippen molar-refractivity contribution in [1.29, 1.82) is 0 Å². The van der Waals surface area contributed by atoms with E-state index in [-0.39, 0.29) is 21.7 Å². The second-order valence-corrected chi connectivity index (χ2v) is 24.9. The fraction of sp³-hybridized carbons (Fsp3) is 0.154. The van der Waals surface area contributed by atoms with Crippen molar-refractivity contribution in [2.45, 2.75) is 77.0 Å². The third kappa shape index (κ3) is 6.78. The Morgan fingerprint density at radius 3 is 0.615 bits per heavy atom. The molecule has 0 atom stereocenters. The van der Waals surface area contributed by atoms with E-state index in [1.165, 1.54) is 156 Å². The summed E-state index contributed by atoms with van der Waals surface area (Å²) < 4.78 is 0. The summed E-state index contributed by atoms with van der Waals surface area (Å²) >= 11 is 0. The number of benzene rings is 11. The average molecular weight is 999 g/mol. The van der Waals surface area contributed by atoms with Gasteiger partial charge in [0, 0.05) is 21.7 Å². The molecule has 15 rings (SSSR count). The molecule has 0 spiro atoms. The predicted octanol–water partition coefficient (Wildman–Crippen LogP) is 20.9. The Balaban J connectivity index is 0.671. The SMILES string of the molecule is CC1(C)c2ccccc2-c2ccc(-c3cccc(-c4ccc5c(c4)C(C)(C)c4cc(-c6ccc(-c7ccc8c(c7)C(C)(C)c7cc(-c9cccc(-c%10ccc%11c(c%10)C(C)(C)c%10ccccc%10-%11)c9)ccc7-8)cc6)ccc4-5)c3)cc21. The van der Waals surface area contributed by atoms with Crippen LogP contribution in [-0.2, 0) is 21.7 Å². The minimum Gasteiger partial charge on any atom is -0.0619 e. The van der Waals surface area contributed by atoms with Crippen molar-refractivity contribution in [1.82, 2.24) is 0 Å². The molecule has 374 valence electrons. The summed E-state index contributed by atoms with van der Waals surface area (Å²) in [5, 5.41) is 0. The van der Waals surface area contributed by atoms with Gasteiger partial charge < -0.3 is 0 Å². The van der Waals surface area contributed by atoms with Crippen molar-refractivity contribution < 1.29 is 0 Å². The van der Waals surface area contributed by atoms with Crippen LogP contribution in [0.1, 0.15) is 99.9 Å². The van der Waals surface area contributed by atoms with E-state index >= 15 is 0 Å². The highest BCUT2D eigenvalue weighted by atomic mass is 14.4. The monoisotopic (exact) mass is 998 g/mol. The maximum absolute atomic E-state index is 2.45. The van der Waals surface area contributed by atoms with E-state index in [0.29, 0.717) is 0 Å². The van der Waals surface area contributed by atoms with Gasteiger partial charge in [-0.15, -0.1) is 0 Å². The molecule has 0 fully saturated rings. The summed E-state index contributed by atoms with van der Waals surface area (Å²) in [5.41, 5.74) is 36.7. The van der Waals surface area contributed by atoms with Crippen LogP contribution >= 0.6 is 0 Å². The van der Waals surface area contributed by atoms with Gasteiger partial charge in [0.25, 0.3) is 0 Å². The molecule has 0 heterocycles. The predicted molar refractivity (Wildman–Crippen MR) is 329 cm³/mol. The molecule has 0 aliphatic heterocycles. The maximum atomic E-state index is 2.45. The molecule has 0 bridgehead atoms. The topological polar surface area (TPSA) is 0 Å². The largest absolute Gasteiger partial charge is 0.0619 e. The van der Waals surface area contributed by atoms with Crippen LogP contribution < -0.4 is 0 Å². The summed E-state index contributed by atoms with van der Waals surface area (Å²) in [4.78, 5) is 0. The minimum absolute atomic E-state index is 0.0293. The minimum atomic E-state index is -0.150. The van der Waals surface area contributed by atoms with E-state index in [2.05, 4.69) is 286 Å². The molecule has 0 amide bonds. The highest BCUT2D eigenvalue weighted by Gasteiger charge is 2.39. The van der Waals surface area contributed by atoms with Crippen LogP contribution in [0.5, 0.6) is 0 Å². The number of rotatable bonds is 6. The molecule has 0 nitrogen and oxygen atoms in total. The van der Waals surface area contributed by atoms with E-state index in [0.717, 1.165) is 0 Å². The quantitative estimate of drug-likeness (QED) is 0.156. The Hall–Kier alpha value is -8.58. The fourth-order valence-electron chi connectivity index (χ4n) is 14.6. The molecule has 0 saturated heterocycles. The van der Waals surface area contributed by atoms with Gasteiger partial charge in [-0.1, -0.05) is 237 Å². The van der Waals surface area contributed by atoms with Crippen LogP contribution in [0.4, 0.5) is 0 Å². The third-order valence-electron chi connectivity index (χ3n) is 19.1. The third-order valence-corrected chi connectivity index (χ3v) is 19.1.